The van der Waals surface area contributed by atoms with Crippen LogP contribution in [0.4, 0.5) is 4.39 Å². The molecule has 2 rings (SSSR count). The molecule has 0 amide bonds. The molecule has 0 unspecified atom stereocenters. The Kier molecular flexibility index (Phi) is 10.3. The summed E-state index contributed by atoms with van der Waals surface area (Å²) in [5.74, 6) is 2.62. The lowest BCUT2D eigenvalue weighted by molar-refractivity contribution is 0.306. The molecule has 1 aromatic heterocycles. The van der Waals surface area contributed by atoms with Crippen LogP contribution in [-0.4, -0.2) is 31.1 Å². The lowest BCUT2D eigenvalue weighted by Crippen LogP contribution is -2.37. The van der Waals surface area contributed by atoms with Crippen LogP contribution in [0.3, 0.4) is 0 Å². The molecule has 8 heteroatoms. The largest absolute Gasteiger partial charge is 0.494 e. The van der Waals surface area contributed by atoms with Crippen molar-refractivity contribution in [2.45, 2.75) is 45.6 Å². The van der Waals surface area contributed by atoms with E-state index in [0.29, 0.717) is 30.8 Å². The topological polar surface area (TPSA) is 71.7 Å². The van der Waals surface area contributed by atoms with Gasteiger partial charge < -0.3 is 19.8 Å². The van der Waals surface area contributed by atoms with Gasteiger partial charge in [0.2, 0.25) is 5.89 Å². The summed E-state index contributed by atoms with van der Waals surface area (Å²) in [7, 11) is 1.73. The lowest BCUT2D eigenvalue weighted by atomic mass is 9.94. The Morgan fingerprint density at radius 2 is 1.89 bits per heavy atom. The first-order valence-electron chi connectivity index (χ1n) is 9.16. The van der Waals surface area contributed by atoms with Gasteiger partial charge in [0, 0.05) is 19.0 Å². The number of hydrogen-bond acceptors (Lipinski definition) is 4. The minimum Gasteiger partial charge on any atom is -0.494 e. The third-order valence-electron chi connectivity index (χ3n) is 3.87. The van der Waals surface area contributed by atoms with Crippen molar-refractivity contribution in [1.82, 2.24) is 15.6 Å². The number of rotatable bonds is 8. The van der Waals surface area contributed by atoms with Gasteiger partial charge in [-0.1, -0.05) is 20.8 Å². The molecule has 0 spiro atoms. The third kappa shape index (κ3) is 8.45. The third-order valence-corrected chi connectivity index (χ3v) is 3.87. The van der Waals surface area contributed by atoms with Gasteiger partial charge in [-0.25, -0.2) is 9.37 Å². The van der Waals surface area contributed by atoms with Crippen LogP contribution in [0, 0.1) is 5.82 Å². The van der Waals surface area contributed by atoms with Gasteiger partial charge in [0.1, 0.15) is 17.3 Å². The van der Waals surface area contributed by atoms with E-state index in [4.69, 9.17) is 9.15 Å². The van der Waals surface area contributed by atoms with Gasteiger partial charge in [0.05, 0.1) is 19.3 Å². The van der Waals surface area contributed by atoms with Crippen LogP contribution in [0.1, 0.15) is 45.3 Å². The van der Waals surface area contributed by atoms with Crippen molar-refractivity contribution in [3.8, 4) is 5.75 Å². The molecule has 156 valence electrons. The summed E-state index contributed by atoms with van der Waals surface area (Å²) in [5.41, 5.74) is -0.0544. The second-order valence-corrected chi connectivity index (χ2v) is 7.23. The van der Waals surface area contributed by atoms with Crippen LogP contribution in [0.15, 0.2) is 39.9 Å². The molecule has 1 aromatic carbocycles. The van der Waals surface area contributed by atoms with E-state index in [2.05, 4.69) is 41.4 Å². The van der Waals surface area contributed by atoms with Gasteiger partial charge >= 0.3 is 0 Å². The zero-order valence-corrected chi connectivity index (χ0v) is 19.2. The van der Waals surface area contributed by atoms with Crippen molar-refractivity contribution < 1.29 is 13.5 Å². The summed E-state index contributed by atoms with van der Waals surface area (Å²) < 4.78 is 24.1. The maximum Gasteiger partial charge on any atom is 0.213 e. The summed E-state index contributed by atoms with van der Waals surface area (Å²) in [4.78, 5) is 8.48. The summed E-state index contributed by atoms with van der Waals surface area (Å²) in [6.45, 7) is 8.10. The molecule has 0 aliphatic rings. The van der Waals surface area contributed by atoms with Crippen LogP contribution in [0.25, 0.3) is 0 Å². The first-order valence-corrected chi connectivity index (χ1v) is 9.16. The highest BCUT2D eigenvalue weighted by atomic mass is 127. The number of nitrogens with one attached hydrogen (secondary N) is 2. The average molecular weight is 504 g/mol. The van der Waals surface area contributed by atoms with Crippen molar-refractivity contribution in [3.63, 3.8) is 0 Å². The number of oxazole rings is 1. The highest BCUT2D eigenvalue weighted by molar-refractivity contribution is 14.0. The maximum absolute atomic E-state index is 12.8. The first kappa shape index (κ1) is 24.2. The number of nitrogens with zero attached hydrogens (tertiary/aromatic N) is 2. The van der Waals surface area contributed by atoms with E-state index in [1.165, 1.54) is 12.1 Å². The van der Waals surface area contributed by atoms with Gasteiger partial charge in [-0.05, 0) is 37.1 Å². The van der Waals surface area contributed by atoms with Crippen molar-refractivity contribution in [2.75, 3.05) is 20.2 Å². The lowest BCUT2D eigenvalue weighted by Gasteiger charge is -2.13. The van der Waals surface area contributed by atoms with Crippen LogP contribution in [-0.2, 0) is 12.0 Å². The molecule has 2 aromatic rings. The number of ether oxygens (including phenoxy) is 1. The number of unbranched alkanes of at least 4 members (excludes halogenated alkanes) is 1. The highest BCUT2D eigenvalue weighted by Crippen LogP contribution is 2.22. The van der Waals surface area contributed by atoms with Crippen LogP contribution in [0.5, 0.6) is 5.75 Å². The maximum atomic E-state index is 12.8. The molecule has 2 N–H and O–H groups in total. The Hall–Kier alpha value is -1.84. The van der Waals surface area contributed by atoms with Gasteiger partial charge in [0.25, 0.3) is 0 Å². The molecule has 28 heavy (non-hydrogen) atoms. The minimum absolute atomic E-state index is 0. The van der Waals surface area contributed by atoms with E-state index >= 15 is 0 Å². The van der Waals surface area contributed by atoms with E-state index in [1.54, 1.807) is 25.4 Å². The summed E-state index contributed by atoms with van der Waals surface area (Å²) in [6.07, 6.45) is 3.58. The van der Waals surface area contributed by atoms with Crippen molar-refractivity contribution in [2.24, 2.45) is 4.99 Å². The fraction of sp³-hybridized carbons (Fsp3) is 0.500. The molecule has 0 fully saturated rings. The van der Waals surface area contributed by atoms with Crippen molar-refractivity contribution in [1.29, 1.82) is 0 Å². The number of benzene rings is 1. The first-order chi connectivity index (χ1) is 12.9. The van der Waals surface area contributed by atoms with Gasteiger partial charge in [-0.3, -0.25) is 4.99 Å². The monoisotopic (exact) mass is 504 g/mol. The second-order valence-electron chi connectivity index (χ2n) is 7.23. The molecule has 0 aliphatic carbocycles. The van der Waals surface area contributed by atoms with E-state index < -0.39 is 0 Å². The number of aliphatic imine (C=N–C) groups is 1. The van der Waals surface area contributed by atoms with Crippen LogP contribution < -0.4 is 15.4 Å². The molecule has 1 heterocycles. The summed E-state index contributed by atoms with van der Waals surface area (Å²) in [6, 6.07) is 6.05. The van der Waals surface area contributed by atoms with Crippen LogP contribution in [0.2, 0.25) is 0 Å². The predicted octanol–water partition coefficient (Wildman–Crippen LogP) is 4.25. The van der Waals surface area contributed by atoms with Gasteiger partial charge in [-0.2, -0.15) is 0 Å². The Bertz CT molecular complexity index is 727. The quantitative estimate of drug-likeness (QED) is 0.244. The Balaban J connectivity index is 0.00000392. The van der Waals surface area contributed by atoms with Crippen molar-refractivity contribution >= 4 is 29.9 Å². The molecular weight excluding hydrogens is 474 g/mol. The number of guanidine groups is 1. The van der Waals surface area contributed by atoms with Gasteiger partial charge in [-0.15, -0.1) is 24.0 Å². The molecule has 6 nitrogen and oxygen atoms in total. The highest BCUT2D eigenvalue weighted by Gasteiger charge is 2.19. The van der Waals surface area contributed by atoms with E-state index in [-0.39, 0.29) is 35.2 Å². The standard InChI is InChI=1S/C20H29FN4O2.HI/c1-20(2,3)17-13-24-18(27-17)14-25-19(22-4)23-11-5-6-12-26-16-9-7-15(21)8-10-16;/h7-10,13H,5-6,11-12,14H2,1-4H3,(H2,22,23,25);1H. The Morgan fingerprint density at radius 1 is 1.18 bits per heavy atom. The Morgan fingerprint density at radius 3 is 2.50 bits per heavy atom. The van der Waals surface area contributed by atoms with Crippen LogP contribution >= 0.6 is 24.0 Å². The summed E-state index contributed by atoms with van der Waals surface area (Å²) >= 11 is 0. The molecule has 0 saturated carbocycles. The van der Waals surface area contributed by atoms with Crippen molar-refractivity contribution in [3.05, 3.63) is 47.9 Å². The normalized spacial score (nSPS) is 11.7. The zero-order chi connectivity index (χ0) is 19.7. The van der Waals surface area contributed by atoms with E-state index in [1.807, 2.05) is 0 Å². The molecule has 0 saturated heterocycles. The second kappa shape index (κ2) is 11.9. The van der Waals surface area contributed by atoms with Gasteiger partial charge in [0.15, 0.2) is 5.96 Å². The Labute approximate surface area is 183 Å². The summed E-state index contributed by atoms with van der Waals surface area (Å²) in [5, 5.41) is 6.44. The smallest absolute Gasteiger partial charge is 0.213 e. The average Bonchev–Trinajstić information content (AvgIpc) is 3.11. The number of aromatic nitrogens is 1. The molecule has 0 atom stereocenters. The number of hydrogen-bond donors (Lipinski definition) is 2. The van der Waals surface area contributed by atoms with E-state index in [0.717, 1.165) is 25.1 Å². The molecule has 0 aliphatic heterocycles. The minimum atomic E-state index is -0.259. The zero-order valence-electron chi connectivity index (χ0n) is 16.9. The molecular formula is C20H30FIN4O2. The number of halogens is 2. The fourth-order valence-corrected chi connectivity index (χ4v) is 2.27. The molecule has 0 radical (unpaired) electrons. The molecule has 0 bridgehead atoms. The van der Waals surface area contributed by atoms with E-state index in [9.17, 15) is 4.39 Å². The SMILES string of the molecule is CN=C(NCCCCOc1ccc(F)cc1)NCc1ncc(C(C)(C)C)o1.I. The fourth-order valence-electron chi connectivity index (χ4n) is 2.27. The predicted molar refractivity (Wildman–Crippen MR) is 120 cm³/mol.